The van der Waals surface area contributed by atoms with Crippen molar-refractivity contribution in [1.82, 2.24) is 14.7 Å². The zero-order valence-electron chi connectivity index (χ0n) is 21.0. The van der Waals surface area contributed by atoms with Crippen molar-refractivity contribution in [3.8, 4) is 0 Å². The Labute approximate surface area is 225 Å². The summed E-state index contributed by atoms with van der Waals surface area (Å²) >= 11 is 6.39. The van der Waals surface area contributed by atoms with Gasteiger partial charge in [-0.3, -0.25) is 9.69 Å². The second kappa shape index (κ2) is 17.1. The lowest BCUT2D eigenvalue weighted by molar-refractivity contribution is -0.134. The van der Waals surface area contributed by atoms with E-state index in [4.69, 9.17) is 26.6 Å². The molecule has 1 fully saturated rings. The van der Waals surface area contributed by atoms with Gasteiger partial charge in [0.2, 0.25) is 0 Å². The Morgan fingerprint density at radius 3 is 2.34 bits per heavy atom. The van der Waals surface area contributed by atoms with Crippen molar-refractivity contribution >= 4 is 35.3 Å². The fraction of sp³-hybridized carbons (Fsp3) is 0.385. The number of aliphatic carboxylic acids is 2. The van der Waals surface area contributed by atoms with Crippen LogP contribution in [0, 0.1) is 0 Å². The summed E-state index contributed by atoms with van der Waals surface area (Å²) in [4.78, 5) is 36.5. The molecule has 1 aromatic carbocycles. The molecule has 12 heteroatoms. The Morgan fingerprint density at radius 2 is 1.74 bits per heavy atom. The van der Waals surface area contributed by atoms with Gasteiger partial charge in [-0.1, -0.05) is 54.1 Å². The number of rotatable bonds is 12. The van der Waals surface area contributed by atoms with Crippen molar-refractivity contribution < 1.29 is 29.6 Å². The molecular formula is C26H33ClN4O7. The van der Waals surface area contributed by atoms with Crippen LogP contribution >= 0.6 is 11.6 Å². The lowest BCUT2D eigenvalue weighted by Crippen LogP contribution is -2.43. The molecule has 0 spiro atoms. The lowest BCUT2D eigenvalue weighted by Gasteiger charge is -2.31. The minimum absolute atomic E-state index is 0.0603. The molecule has 0 atom stereocenters. The van der Waals surface area contributed by atoms with Crippen molar-refractivity contribution in [3.05, 3.63) is 75.7 Å². The molecule has 0 radical (unpaired) electrons. The number of aliphatic hydroxyl groups is 1. The van der Waals surface area contributed by atoms with Crippen LogP contribution in [-0.4, -0.2) is 94.5 Å². The third-order valence-electron chi connectivity index (χ3n) is 5.42. The molecule has 0 unspecified atom stereocenters. The summed E-state index contributed by atoms with van der Waals surface area (Å²) in [5.41, 5.74) is 1.29. The number of carbonyl (C=O) groups is 2. The van der Waals surface area contributed by atoms with Gasteiger partial charge in [0, 0.05) is 51.5 Å². The van der Waals surface area contributed by atoms with Gasteiger partial charge in [0.25, 0.3) is 5.56 Å². The highest BCUT2D eigenvalue weighted by molar-refractivity contribution is 6.33. The van der Waals surface area contributed by atoms with Crippen LogP contribution in [0.4, 0.5) is 5.69 Å². The molecule has 1 aliphatic rings. The number of carboxylic acids is 2. The van der Waals surface area contributed by atoms with E-state index in [2.05, 4.69) is 10.00 Å². The van der Waals surface area contributed by atoms with Gasteiger partial charge < -0.3 is 25.0 Å². The second-order valence-corrected chi connectivity index (χ2v) is 8.58. The molecule has 1 aliphatic heterocycles. The SMILES string of the molecule is O=C(O)C=CC(=O)O.O=c1c(N(CCCO)CCN2CCOCC2)c(Cl)cnn1CC=Cc1ccccc1. The summed E-state index contributed by atoms with van der Waals surface area (Å²) in [6.45, 7) is 5.65. The summed E-state index contributed by atoms with van der Waals surface area (Å²) < 4.78 is 6.82. The molecule has 3 N–H and O–H groups in total. The number of allylic oxidation sites excluding steroid dienone is 1. The number of halogens is 1. The van der Waals surface area contributed by atoms with E-state index in [1.807, 2.05) is 47.4 Å². The van der Waals surface area contributed by atoms with Gasteiger partial charge in [-0.2, -0.15) is 5.10 Å². The highest BCUT2D eigenvalue weighted by atomic mass is 35.5. The number of anilines is 1. The zero-order valence-corrected chi connectivity index (χ0v) is 21.7. The highest BCUT2D eigenvalue weighted by Gasteiger charge is 2.19. The number of nitrogens with zero attached hydrogens (tertiary/aromatic N) is 4. The largest absolute Gasteiger partial charge is 0.478 e. The third-order valence-corrected chi connectivity index (χ3v) is 5.70. The van der Waals surface area contributed by atoms with E-state index in [9.17, 15) is 19.5 Å². The summed E-state index contributed by atoms with van der Waals surface area (Å²) in [5, 5.41) is 29.5. The van der Waals surface area contributed by atoms with Crippen LogP contribution in [0.25, 0.3) is 6.08 Å². The van der Waals surface area contributed by atoms with Crippen LogP contribution in [0.1, 0.15) is 12.0 Å². The predicted octanol–water partition coefficient (Wildman–Crippen LogP) is 1.84. The van der Waals surface area contributed by atoms with E-state index in [1.165, 1.54) is 10.9 Å². The van der Waals surface area contributed by atoms with E-state index < -0.39 is 11.9 Å². The number of aliphatic hydroxyl groups excluding tert-OH is 1. The predicted molar refractivity (Wildman–Crippen MR) is 145 cm³/mol. The summed E-state index contributed by atoms with van der Waals surface area (Å²) in [5.74, 6) is -2.51. The first-order chi connectivity index (χ1) is 18.3. The van der Waals surface area contributed by atoms with Crippen molar-refractivity contribution in [2.24, 2.45) is 0 Å². The number of aromatic nitrogens is 2. The van der Waals surface area contributed by atoms with Gasteiger partial charge in [-0.05, 0) is 12.0 Å². The first kappa shape index (κ1) is 30.7. The van der Waals surface area contributed by atoms with E-state index in [-0.39, 0.29) is 12.2 Å². The summed E-state index contributed by atoms with van der Waals surface area (Å²) in [7, 11) is 0. The number of morpholine rings is 1. The number of hydrogen-bond acceptors (Lipinski definition) is 8. The molecule has 38 heavy (non-hydrogen) atoms. The average Bonchev–Trinajstić information content (AvgIpc) is 2.91. The molecule has 1 saturated heterocycles. The molecule has 206 valence electrons. The minimum atomic E-state index is -1.26. The van der Waals surface area contributed by atoms with Gasteiger partial charge in [0.1, 0.15) is 5.69 Å². The summed E-state index contributed by atoms with van der Waals surface area (Å²) in [6.07, 6.45) is 7.08. The van der Waals surface area contributed by atoms with E-state index >= 15 is 0 Å². The fourth-order valence-corrected chi connectivity index (χ4v) is 3.80. The Kier molecular flexibility index (Phi) is 13.8. The van der Waals surface area contributed by atoms with Crippen LogP contribution < -0.4 is 10.5 Å². The van der Waals surface area contributed by atoms with Gasteiger partial charge in [0.05, 0.1) is 31.0 Å². The first-order valence-corrected chi connectivity index (χ1v) is 12.5. The number of ether oxygens (including phenoxy) is 1. The Morgan fingerprint density at radius 1 is 1.08 bits per heavy atom. The normalized spacial score (nSPS) is 13.8. The Hall–Kier alpha value is -3.51. The molecule has 2 heterocycles. The molecule has 0 aliphatic carbocycles. The topological polar surface area (TPSA) is 145 Å². The Bertz CT molecular complexity index is 1120. The molecule has 2 aromatic rings. The molecule has 11 nitrogen and oxygen atoms in total. The van der Waals surface area contributed by atoms with Gasteiger partial charge in [-0.15, -0.1) is 0 Å². The van der Waals surface area contributed by atoms with Crippen LogP contribution in [0.15, 0.2) is 59.6 Å². The van der Waals surface area contributed by atoms with E-state index in [0.717, 1.165) is 38.4 Å². The van der Waals surface area contributed by atoms with Crippen molar-refractivity contribution in [1.29, 1.82) is 0 Å². The zero-order chi connectivity index (χ0) is 27.8. The quantitative estimate of drug-likeness (QED) is 0.336. The maximum absolute atomic E-state index is 13.1. The Balaban J connectivity index is 0.000000550. The highest BCUT2D eigenvalue weighted by Crippen LogP contribution is 2.20. The van der Waals surface area contributed by atoms with Crippen molar-refractivity contribution in [3.63, 3.8) is 0 Å². The monoisotopic (exact) mass is 548 g/mol. The smallest absolute Gasteiger partial charge is 0.328 e. The van der Waals surface area contributed by atoms with Crippen LogP contribution in [0.3, 0.4) is 0 Å². The minimum Gasteiger partial charge on any atom is -0.478 e. The molecule has 3 rings (SSSR count). The van der Waals surface area contributed by atoms with Crippen molar-refractivity contribution in [2.45, 2.75) is 13.0 Å². The van der Waals surface area contributed by atoms with Crippen LogP contribution in [0.5, 0.6) is 0 Å². The first-order valence-electron chi connectivity index (χ1n) is 12.1. The van der Waals surface area contributed by atoms with Crippen LogP contribution in [-0.2, 0) is 20.9 Å². The maximum Gasteiger partial charge on any atom is 0.328 e. The van der Waals surface area contributed by atoms with Crippen molar-refractivity contribution in [2.75, 3.05) is 57.4 Å². The van der Waals surface area contributed by atoms with E-state index in [0.29, 0.717) is 48.9 Å². The standard InChI is InChI=1S/C22H29ClN4O3.C4H4O4/c23-20-18-24-27(10-4-8-19-6-2-1-3-7-19)22(29)21(20)26(9-5-15-28)12-11-25-13-16-30-17-14-25;5-3(6)1-2-4(7)8/h1-4,6-8,18,28H,5,9-17H2;1-2H,(H,5,6)(H,7,8). The van der Waals surface area contributed by atoms with Crippen LogP contribution in [0.2, 0.25) is 5.02 Å². The molecule has 1 aromatic heterocycles. The van der Waals surface area contributed by atoms with E-state index in [1.54, 1.807) is 0 Å². The maximum atomic E-state index is 13.1. The third kappa shape index (κ3) is 11.3. The molecule has 0 amide bonds. The van der Waals surface area contributed by atoms with Gasteiger partial charge in [0.15, 0.2) is 0 Å². The number of hydrogen-bond donors (Lipinski definition) is 3. The molecular weight excluding hydrogens is 516 g/mol. The fourth-order valence-electron chi connectivity index (χ4n) is 3.55. The second-order valence-electron chi connectivity index (χ2n) is 8.17. The number of carboxylic acid groups (broad SMARTS) is 2. The molecule has 0 bridgehead atoms. The number of benzene rings is 1. The van der Waals surface area contributed by atoms with Gasteiger partial charge >= 0.3 is 11.9 Å². The molecule has 0 saturated carbocycles. The average molecular weight is 549 g/mol. The summed E-state index contributed by atoms with van der Waals surface area (Å²) in [6, 6.07) is 9.91. The van der Waals surface area contributed by atoms with Gasteiger partial charge in [-0.25, -0.2) is 14.3 Å². The lowest BCUT2D eigenvalue weighted by atomic mass is 10.2.